The van der Waals surface area contributed by atoms with Crippen molar-refractivity contribution >= 4 is 23.4 Å². The number of fused-ring (bicyclic) bond motifs is 1. The first-order chi connectivity index (χ1) is 15.1. The third kappa shape index (κ3) is 4.88. The topological polar surface area (TPSA) is 75.4 Å². The van der Waals surface area contributed by atoms with Gasteiger partial charge in [0.05, 0.1) is 11.7 Å². The summed E-state index contributed by atoms with van der Waals surface area (Å²) in [7, 11) is 0. The largest absolute Gasteiger partial charge is 0.356 e. The van der Waals surface area contributed by atoms with Crippen molar-refractivity contribution in [3.63, 3.8) is 0 Å². The number of aryl methyl sites for hydroxylation is 1. The van der Waals surface area contributed by atoms with Crippen molar-refractivity contribution in [2.75, 3.05) is 23.3 Å². The monoisotopic (exact) mass is 414 g/mol. The Morgan fingerprint density at radius 1 is 1.13 bits per heavy atom. The maximum atomic E-state index is 10.5. The predicted molar refractivity (Wildman–Crippen MR) is 123 cm³/mol. The van der Waals surface area contributed by atoms with E-state index in [0.717, 1.165) is 47.2 Å². The molecule has 1 atom stereocenters. The number of hydrogen-bond donors (Lipinski definition) is 1. The molecule has 0 saturated carbocycles. The maximum Gasteiger partial charge on any atom is 0.211 e. The number of pyridine rings is 1. The van der Waals surface area contributed by atoms with Crippen molar-refractivity contribution in [2.45, 2.75) is 20.3 Å². The van der Waals surface area contributed by atoms with E-state index in [-0.39, 0.29) is 0 Å². The number of anilines is 2. The van der Waals surface area contributed by atoms with Gasteiger partial charge in [-0.3, -0.25) is 4.79 Å². The summed E-state index contributed by atoms with van der Waals surface area (Å²) < 4.78 is 1.78. The number of amides is 1. The smallest absolute Gasteiger partial charge is 0.211 e. The molecule has 3 aromatic heterocycles. The van der Waals surface area contributed by atoms with Crippen molar-refractivity contribution in [2.24, 2.45) is 5.92 Å². The average Bonchev–Trinajstić information content (AvgIpc) is 3.45. The van der Waals surface area contributed by atoms with E-state index in [9.17, 15) is 4.79 Å². The van der Waals surface area contributed by atoms with Crippen molar-refractivity contribution in [3.8, 4) is 11.4 Å². The van der Waals surface area contributed by atoms with Crippen molar-refractivity contribution < 1.29 is 4.79 Å². The highest BCUT2D eigenvalue weighted by molar-refractivity contribution is 5.75. The standard InChI is InChI=1S/C14H12N4O.C10H14N2/c1-10-4-5-11(16-9-19)7-13(10)14-15-8-12-3-2-6-18(12)17-14;1-9-5-7-12(8-9)10-4-2-3-6-11-10/h2-9H,1H3,(H,16,19);2-4,6,9H,5,7-8H2,1H3. The summed E-state index contributed by atoms with van der Waals surface area (Å²) in [5.41, 5.74) is 3.64. The zero-order valence-electron chi connectivity index (χ0n) is 17.8. The minimum atomic E-state index is 0.635. The van der Waals surface area contributed by atoms with Gasteiger partial charge in [0.15, 0.2) is 5.82 Å². The Balaban J connectivity index is 0.000000166. The van der Waals surface area contributed by atoms with Gasteiger partial charge < -0.3 is 10.2 Å². The van der Waals surface area contributed by atoms with Crippen LogP contribution in [0.4, 0.5) is 11.5 Å². The SMILES string of the molecule is CC1CCN(c2ccccn2)C1.Cc1ccc(NC=O)cc1-c1ncc2cccn2n1. The van der Waals surface area contributed by atoms with Gasteiger partial charge in [-0.15, -0.1) is 5.10 Å². The van der Waals surface area contributed by atoms with E-state index in [1.54, 1.807) is 10.7 Å². The van der Waals surface area contributed by atoms with E-state index in [4.69, 9.17) is 0 Å². The van der Waals surface area contributed by atoms with Gasteiger partial charge in [0, 0.05) is 36.7 Å². The molecule has 1 aromatic carbocycles. The second-order valence-electron chi connectivity index (χ2n) is 7.78. The Morgan fingerprint density at radius 3 is 2.77 bits per heavy atom. The van der Waals surface area contributed by atoms with E-state index in [0.29, 0.717) is 12.2 Å². The van der Waals surface area contributed by atoms with Crippen LogP contribution in [0, 0.1) is 12.8 Å². The van der Waals surface area contributed by atoms with Crippen LogP contribution in [0.3, 0.4) is 0 Å². The molecule has 1 amide bonds. The first-order valence-corrected chi connectivity index (χ1v) is 10.4. The fraction of sp³-hybridized carbons (Fsp3) is 0.250. The van der Waals surface area contributed by atoms with Crippen molar-refractivity contribution in [3.05, 3.63) is 72.7 Å². The fourth-order valence-electron chi connectivity index (χ4n) is 3.66. The highest BCUT2D eigenvalue weighted by Crippen LogP contribution is 2.23. The number of hydrogen-bond acceptors (Lipinski definition) is 5. The number of rotatable bonds is 4. The molecule has 0 radical (unpaired) electrons. The van der Waals surface area contributed by atoms with Crippen LogP contribution in [0.5, 0.6) is 0 Å². The van der Waals surface area contributed by atoms with Crippen LogP contribution in [-0.4, -0.2) is 39.1 Å². The van der Waals surface area contributed by atoms with Crippen LogP contribution in [0.25, 0.3) is 16.9 Å². The first-order valence-electron chi connectivity index (χ1n) is 10.4. The zero-order valence-corrected chi connectivity index (χ0v) is 17.8. The van der Waals surface area contributed by atoms with Gasteiger partial charge in [-0.05, 0) is 61.2 Å². The normalized spacial score (nSPS) is 15.4. The molecule has 4 aromatic rings. The van der Waals surface area contributed by atoms with Gasteiger partial charge in [0.1, 0.15) is 5.82 Å². The van der Waals surface area contributed by atoms with E-state index >= 15 is 0 Å². The van der Waals surface area contributed by atoms with Crippen LogP contribution in [0.2, 0.25) is 0 Å². The Morgan fingerprint density at radius 2 is 2.03 bits per heavy atom. The molecule has 31 heavy (non-hydrogen) atoms. The van der Waals surface area contributed by atoms with Gasteiger partial charge in [0.25, 0.3) is 0 Å². The molecule has 4 heterocycles. The Hall–Kier alpha value is -3.74. The fourth-order valence-corrected chi connectivity index (χ4v) is 3.66. The quantitative estimate of drug-likeness (QED) is 0.507. The van der Waals surface area contributed by atoms with E-state index in [1.165, 1.54) is 6.42 Å². The number of nitrogens with zero attached hydrogens (tertiary/aromatic N) is 5. The van der Waals surface area contributed by atoms with Gasteiger partial charge in [-0.25, -0.2) is 14.5 Å². The molecule has 1 aliphatic rings. The summed E-state index contributed by atoms with van der Waals surface area (Å²) >= 11 is 0. The Bertz CT molecular complexity index is 1160. The Kier molecular flexibility index (Phi) is 6.21. The summed E-state index contributed by atoms with van der Waals surface area (Å²) in [6, 6.07) is 15.6. The molecular formula is C24H26N6O. The Labute approximate surface area is 181 Å². The van der Waals surface area contributed by atoms with Gasteiger partial charge in [-0.2, -0.15) is 0 Å². The lowest BCUT2D eigenvalue weighted by Gasteiger charge is -2.15. The highest BCUT2D eigenvalue weighted by atomic mass is 16.1. The van der Waals surface area contributed by atoms with Crippen molar-refractivity contribution in [1.29, 1.82) is 0 Å². The number of benzene rings is 1. The summed E-state index contributed by atoms with van der Waals surface area (Å²) in [6.07, 6.45) is 7.48. The number of aromatic nitrogens is 4. The first kappa shape index (κ1) is 20.5. The average molecular weight is 415 g/mol. The molecule has 5 rings (SSSR count). The second kappa shape index (κ2) is 9.38. The molecule has 7 heteroatoms. The molecule has 0 bridgehead atoms. The van der Waals surface area contributed by atoms with Crippen molar-refractivity contribution in [1.82, 2.24) is 19.6 Å². The highest BCUT2D eigenvalue weighted by Gasteiger charge is 2.18. The minimum Gasteiger partial charge on any atom is -0.356 e. The van der Waals surface area contributed by atoms with Gasteiger partial charge in [-0.1, -0.05) is 19.1 Å². The van der Waals surface area contributed by atoms with Crippen LogP contribution >= 0.6 is 0 Å². The molecule has 158 valence electrons. The summed E-state index contributed by atoms with van der Waals surface area (Å²) in [6.45, 7) is 6.61. The molecule has 0 aliphatic carbocycles. The lowest BCUT2D eigenvalue weighted by molar-refractivity contribution is -0.105. The summed E-state index contributed by atoms with van der Waals surface area (Å²) in [4.78, 5) is 21.5. The minimum absolute atomic E-state index is 0.635. The molecule has 1 unspecified atom stereocenters. The van der Waals surface area contributed by atoms with Crippen LogP contribution < -0.4 is 10.2 Å². The number of carbonyl (C=O) groups excluding carboxylic acids is 1. The zero-order chi connectivity index (χ0) is 21.6. The van der Waals surface area contributed by atoms with E-state index in [1.807, 2.05) is 61.8 Å². The number of carbonyl (C=O) groups is 1. The van der Waals surface area contributed by atoms with Gasteiger partial charge in [0.2, 0.25) is 6.41 Å². The van der Waals surface area contributed by atoms with Crippen LogP contribution in [-0.2, 0) is 4.79 Å². The van der Waals surface area contributed by atoms with E-state index in [2.05, 4.69) is 38.3 Å². The molecule has 1 N–H and O–H groups in total. The molecule has 1 fully saturated rings. The summed E-state index contributed by atoms with van der Waals surface area (Å²) in [5.74, 6) is 2.59. The number of nitrogens with one attached hydrogen (secondary N) is 1. The second-order valence-corrected chi connectivity index (χ2v) is 7.78. The van der Waals surface area contributed by atoms with Gasteiger partial charge >= 0.3 is 0 Å². The maximum absolute atomic E-state index is 10.5. The summed E-state index contributed by atoms with van der Waals surface area (Å²) in [5, 5.41) is 7.09. The third-order valence-electron chi connectivity index (χ3n) is 5.38. The predicted octanol–water partition coefficient (Wildman–Crippen LogP) is 4.20. The molecular weight excluding hydrogens is 388 g/mol. The molecule has 7 nitrogen and oxygen atoms in total. The van der Waals surface area contributed by atoms with E-state index < -0.39 is 0 Å². The third-order valence-corrected chi connectivity index (χ3v) is 5.38. The van der Waals surface area contributed by atoms with Crippen LogP contribution in [0.15, 0.2) is 67.1 Å². The lowest BCUT2D eigenvalue weighted by Crippen LogP contribution is -2.19. The van der Waals surface area contributed by atoms with Crippen LogP contribution in [0.1, 0.15) is 18.9 Å². The molecule has 1 aliphatic heterocycles. The molecule has 1 saturated heterocycles. The molecule has 0 spiro atoms. The lowest BCUT2D eigenvalue weighted by atomic mass is 10.1.